The molecule has 4 aliphatic rings. The molecule has 3 heteroatoms. The van der Waals surface area contributed by atoms with Gasteiger partial charge >= 0.3 is 0 Å². The summed E-state index contributed by atoms with van der Waals surface area (Å²) in [6, 6.07) is 6.03. The minimum absolute atomic E-state index is 0.313. The van der Waals surface area contributed by atoms with E-state index >= 15 is 0 Å². The quantitative estimate of drug-likeness (QED) is 0.674. The maximum Gasteiger partial charge on any atom is 0.123 e. The Morgan fingerprint density at radius 1 is 1.12 bits per heavy atom. The standard InChI is InChI=1S/C22H32ClNO/c1-4-7-25-19-6-5-18(23)8-17(19)12-24-22-11-16-9-20(2,14-22)13-21(3,10-16)15-22/h5-6,8,16,24H,4,7,9-15H2,1-3H3. The molecule has 4 bridgehead atoms. The van der Waals surface area contributed by atoms with Crippen LogP contribution in [0.4, 0.5) is 0 Å². The molecule has 0 amide bonds. The maximum atomic E-state index is 6.27. The fourth-order valence-corrected chi connectivity index (χ4v) is 7.16. The fraction of sp³-hybridized carbons (Fsp3) is 0.727. The van der Waals surface area contributed by atoms with Crippen LogP contribution in [-0.2, 0) is 6.54 Å². The van der Waals surface area contributed by atoms with E-state index in [1.54, 1.807) is 0 Å². The number of rotatable bonds is 6. The second-order valence-electron chi connectivity index (χ2n) is 9.86. The summed E-state index contributed by atoms with van der Waals surface area (Å²) < 4.78 is 5.95. The van der Waals surface area contributed by atoms with Gasteiger partial charge < -0.3 is 10.1 Å². The van der Waals surface area contributed by atoms with Crippen molar-refractivity contribution in [3.63, 3.8) is 0 Å². The lowest BCUT2D eigenvalue weighted by Gasteiger charge is -2.65. The highest BCUT2D eigenvalue weighted by Gasteiger charge is 2.59. The Morgan fingerprint density at radius 3 is 2.48 bits per heavy atom. The summed E-state index contributed by atoms with van der Waals surface area (Å²) in [5.41, 5.74) is 2.59. The summed E-state index contributed by atoms with van der Waals surface area (Å²) in [5.74, 6) is 1.90. The van der Waals surface area contributed by atoms with Crippen molar-refractivity contribution in [1.82, 2.24) is 5.32 Å². The topological polar surface area (TPSA) is 21.3 Å². The molecule has 1 aromatic rings. The highest BCUT2D eigenvalue weighted by atomic mass is 35.5. The predicted octanol–water partition coefficient (Wildman–Crippen LogP) is 5.97. The SMILES string of the molecule is CCCOc1ccc(Cl)cc1CNC12CC3CC(C)(CC(C)(C3)C1)C2. The van der Waals surface area contributed by atoms with Gasteiger partial charge in [0.25, 0.3) is 0 Å². The Bertz CT molecular complexity index is 639. The second-order valence-corrected chi connectivity index (χ2v) is 10.3. The molecule has 0 radical (unpaired) electrons. The molecule has 0 heterocycles. The van der Waals surface area contributed by atoms with Gasteiger partial charge in [-0.3, -0.25) is 0 Å². The zero-order valence-electron chi connectivity index (χ0n) is 16.0. The Morgan fingerprint density at radius 2 is 1.84 bits per heavy atom. The van der Waals surface area contributed by atoms with Gasteiger partial charge in [-0.1, -0.05) is 32.4 Å². The third-order valence-corrected chi connectivity index (χ3v) is 7.00. The van der Waals surface area contributed by atoms with Gasteiger partial charge in [0.05, 0.1) is 6.61 Å². The molecule has 0 spiro atoms. The van der Waals surface area contributed by atoms with Crippen LogP contribution in [-0.4, -0.2) is 12.1 Å². The average molecular weight is 362 g/mol. The van der Waals surface area contributed by atoms with Gasteiger partial charge in [-0.05, 0) is 79.9 Å². The van der Waals surface area contributed by atoms with Crippen molar-refractivity contribution in [2.45, 2.75) is 77.8 Å². The predicted molar refractivity (Wildman–Crippen MR) is 104 cm³/mol. The summed E-state index contributed by atoms with van der Waals surface area (Å²) in [6.45, 7) is 8.82. The molecule has 4 fully saturated rings. The molecule has 5 rings (SSSR count). The van der Waals surface area contributed by atoms with Gasteiger partial charge in [0.15, 0.2) is 0 Å². The minimum atomic E-state index is 0.313. The van der Waals surface area contributed by atoms with Crippen LogP contribution < -0.4 is 10.1 Å². The van der Waals surface area contributed by atoms with E-state index in [1.165, 1.54) is 44.1 Å². The summed E-state index contributed by atoms with van der Waals surface area (Å²) in [4.78, 5) is 0. The van der Waals surface area contributed by atoms with Crippen LogP contribution in [0.5, 0.6) is 5.75 Å². The molecule has 1 N–H and O–H groups in total. The Balaban J connectivity index is 1.53. The number of nitrogens with one attached hydrogen (secondary N) is 1. The summed E-state index contributed by atoms with van der Waals surface area (Å²) >= 11 is 6.27. The largest absolute Gasteiger partial charge is 0.493 e. The third-order valence-electron chi connectivity index (χ3n) is 6.76. The van der Waals surface area contributed by atoms with Crippen molar-refractivity contribution in [3.8, 4) is 5.75 Å². The first-order valence-corrected chi connectivity index (χ1v) is 10.4. The summed E-state index contributed by atoms with van der Waals surface area (Å²) in [5, 5.41) is 4.80. The minimum Gasteiger partial charge on any atom is -0.493 e. The number of hydrogen-bond donors (Lipinski definition) is 1. The lowest BCUT2D eigenvalue weighted by molar-refractivity contribution is -0.118. The molecule has 1 aromatic carbocycles. The van der Waals surface area contributed by atoms with Crippen molar-refractivity contribution in [1.29, 1.82) is 0 Å². The smallest absolute Gasteiger partial charge is 0.123 e. The molecule has 0 aromatic heterocycles. The number of halogens is 1. The molecule has 25 heavy (non-hydrogen) atoms. The molecular formula is C22H32ClNO. The number of hydrogen-bond acceptors (Lipinski definition) is 2. The maximum absolute atomic E-state index is 6.27. The second kappa shape index (κ2) is 6.16. The highest BCUT2D eigenvalue weighted by molar-refractivity contribution is 6.30. The zero-order chi connectivity index (χ0) is 17.7. The van der Waals surface area contributed by atoms with Gasteiger partial charge in [0.1, 0.15) is 5.75 Å². The molecule has 0 saturated heterocycles. The normalized spacial score (nSPS) is 39.0. The van der Waals surface area contributed by atoms with Crippen LogP contribution in [0.3, 0.4) is 0 Å². The Hall–Kier alpha value is -0.730. The first kappa shape index (κ1) is 17.7. The Kier molecular flexibility index (Phi) is 4.36. The monoisotopic (exact) mass is 361 g/mol. The molecule has 2 unspecified atom stereocenters. The van der Waals surface area contributed by atoms with E-state index in [1.807, 2.05) is 12.1 Å². The van der Waals surface area contributed by atoms with Crippen molar-refractivity contribution in [2.24, 2.45) is 16.7 Å². The van der Waals surface area contributed by atoms with Crippen LogP contribution in [0.25, 0.3) is 0 Å². The van der Waals surface area contributed by atoms with E-state index in [2.05, 4.69) is 32.2 Å². The molecule has 4 saturated carbocycles. The first-order chi connectivity index (χ1) is 11.8. The molecule has 2 atom stereocenters. The van der Waals surface area contributed by atoms with E-state index < -0.39 is 0 Å². The highest BCUT2D eigenvalue weighted by Crippen LogP contribution is 2.66. The van der Waals surface area contributed by atoms with Crippen LogP contribution >= 0.6 is 11.6 Å². The van der Waals surface area contributed by atoms with Gasteiger partial charge in [-0.2, -0.15) is 0 Å². The molecule has 138 valence electrons. The van der Waals surface area contributed by atoms with Crippen LogP contribution in [0.2, 0.25) is 5.02 Å². The van der Waals surface area contributed by atoms with Crippen LogP contribution in [0, 0.1) is 16.7 Å². The number of benzene rings is 1. The fourth-order valence-electron chi connectivity index (χ4n) is 6.97. The molecule has 4 aliphatic carbocycles. The van der Waals surface area contributed by atoms with Gasteiger partial charge in [0.2, 0.25) is 0 Å². The van der Waals surface area contributed by atoms with Crippen molar-refractivity contribution in [3.05, 3.63) is 28.8 Å². The lowest BCUT2D eigenvalue weighted by Crippen LogP contribution is -2.63. The Labute approximate surface area is 157 Å². The van der Waals surface area contributed by atoms with Crippen LogP contribution in [0.15, 0.2) is 18.2 Å². The van der Waals surface area contributed by atoms with Gasteiger partial charge in [0, 0.05) is 22.7 Å². The third kappa shape index (κ3) is 3.45. The van der Waals surface area contributed by atoms with Gasteiger partial charge in [-0.15, -0.1) is 0 Å². The molecule has 0 aliphatic heterocycles. The lowest BCUT2D eigenvalue weighted by atomic mass is 9.43. The number of ether oxygens (including phenoxy) is 1. The van der Waals surface area contributed by atoms with Crippen molar-refractivity contribution >= 4 is 11.6 Å². The summed E-state index contributed by atoms with van der Waals surface area (Å²) in [6.07, 6.45) is 9.33. The van der Waals surface area contributed by atoms with E-state index in [-0.39, 0.29) is 0 Å². The van der Waals surface area contributed by atoms with E-state index in [4.69, 9.17) is 16.3 Å². The average Bonchev–Trinajstić information content (AvgIpc) is 2.48. The van der Waals surface area contributed by atoms with E-state index in [0.29, 0.717) is 16.4 Å². The summed E-state index contributed by atoms with van der Waals surface area (Å²) in [7, 11) is 0. The van der Waals surface area contributed by atoms with Gasteiger partial charge in [-0.25, -0.2) is 0 Å². The molecule has 2 nitrogen and oxygen atoms in total. The first-order valence-electron chi connectivity index (χ1n) is 9.99. The van der Waals surface area contributed by atoms with Crippen LogP contribution in [0.1, 0.15) is 71.3 Å². The van der Waals surface area contributed by atoms with E-state index in [0.717, 1.165) is 36.3 Å². The molecular weight excluding hydrogens is 330 g/mol. The van der Waals surface area contributed by atoms with Crippen molar-refractivity contribution in [2.75, 3.05) is 6.61 Å². The van der Waals surface area contributed by atoms with Crippen molar-refractivity contribution < 1.29 is 4.74 Å². The van der Waals surface area contributed by atoms with E-state index in [9.17, 15) is 0 Å². The zero-order valence-corrected chi connectivity index (χ0v) is 16.7.